The van der Waals surface area contributed by atoms with Gasteiger partial charge < -0.3 is 10.8 Å². The van der Waals surface area contributed by atoms with E-state index in [2.05, 4.69) is 28.3 Å². The quantitative estimate of drug-likeness (QED) is 0.715. The number of benzene rings is 1. The maximum atomic E-state index is 5.57. The molecule has 2 aromatic heterocycles. The Hall–Kier alpha value is -2.07. The first kappa shape index (κ1) is 10.1. The summed E-state index contributed by atoms with van der Waals surface area (Å²) >= 11 is 0. The van der Waals surface area contributed by atoms with Gasteiger partial charge in [-0.3, -0.25) is 0 Å². The maximum Gasteiger partial charge on any atom is 0.153 e. The van der Waals surface area contributed by atoms with Crippen molar-refractivity contribution in [1.29, 1.82) is 0 Å². The van der Waals surface area contributed by atoms with Gasteiger partial charge in [-0.2, -0.15) is 0 Å². The highest BCUT2D eigenvalue weighted by atomic mass is 15.2. The van der Waals surface area contributed by atoms with Crippen LogP contribution in [0.15, 0.2) is 42.7 Å². The average Bonchev–Trinajstić information content (AvgIpc) is 2.89. The number of fused-ring (bicyclic) bond motifs is 1. The van der Waals surface area contributed by atoms with Crippen LogP contribution in [-0.4, -0.2) is 21.1 Å². The van der Waals surface area contributed by atoms with Crippen molar-refractivity contribution < 1.29 is 0 Å². The molecule has 0 radical (unpaired) electrons. The van der Waals surface area contributed by atoms with Crippen LogP contribution < -0.4 is 5.73 Å². The van der Waals surface area contributed by atoms with Crippen LogP contribution in [0.5, 0.6) is 0 Å². The zero-order valence-electron chi connectivity index (χ0n) is 9.43. The monoisotopic (exact) mass is 226 g/mol. The molecular formula is C13H14N4. The summed E-state index contributed by atoms with van der Waals surface area (Å²) in [6, 6.07) is 10.3. The van der Waals surface area contributed by atoms with Crippen molar-refractivity contribution >= 4 is 5.65 Å². The predicted molar refractivity (Wildman–Crippen MR) is 67.7 cm³/mol. The van der Waals surface area contributed by atoms with Crippen LogP contribution in [0.1, 0.15) is 5.56 Å². The molecule has 0 aliphatic carbocycles. The minimum Gasteiger partial charge on any atom is -0.330 e. The molecule has 1 aromatic carbocycles. The van der Waals surface area contributed by atoms with E-state index < -0.39 is 0 Å². The normalized spacial score (nSPS) is 11.1. The highest BCUT2D eigenvalue weighted by molar-refractivity contribution is 5.63. The van der Waals surface area contributed by atoms with Gasteiger partial charge in [0.25, 0.3) is 0 Å². The minimum absolute atomic E-state index is 0.674. The number of imidazole rings is 1. The molecule has 3 rings (SSSR count). The lowest BCUT2D eigenvalue weighted by molar-refractivity contribution is 0.968. The Labute approximate surface area is 99.1 Å². The molecule has 0 bridgehead atoms. The van der Waals surface area contributed by atoms with E-state index in [-0.39, 0.29) is 0 Å². The van der Waals surface area contributed by atoms with E-state index in [9.17, 15) is 0 Å². The van der Waals surface area contributed by atoms with Crippen molar-refractivity contribution in [2.24, 2.45) is 5.73 Å². The second-order valence-corrected chi connectivity index (χ2v) is 4.06. The lowest BCUT2D eigenvalue weighted by Crippen LogP contribution is -2.02. The molecule has 0 aliphatic rings. The molecule has 4 heteroatoms. The third kappa shape index (κ3) is 1.83. The maximum absolute atomic E-state index is 5.57. The van der Waals surface area contributed by atoms with Crippen LogP contribution in [0.25, 0.3) is 16.9 Å². The van der Waals surface area contributed by atoms with Crippen molar-refractivity contribution in [3.63, 3.8) is 0 Å². The molecule has 0 amide bonds. The van der Waals surface area contributed by atoms with E-state index in [1.807, 2.05) is 29.0 Å². The molecule has 0 unspecified atom stereocenters. The fourth-order valence-corrected chi connectivity index (χ4v) is 2.00. The molecule has 17 heavy (non-hydrogen) atoms. The molecule has 0 saturated heterocycles. The molecule has 0 aliphatic heterocycles. The summed E-state index contributed by atoms with van der Waals surface area (Å²) in [4.78, 5) is 4.54. The van der Waals surface area contributed by atoms with Crippen LogP contribution in [0.4, 0.5) is 0 Å². The molecule has 0 saturated carbocycles. The standard InChI is InChI=1S/C13H14N4/c14-6-4-10-2-1-3-11(8-10)12-9-17-13(16-12)5-7-15-17/h1-3,5,7-9,15H,4,6,14H2. The van der Waals surface area contributed by atoms with Crippen LogP contribution in [0, 0.1) is 0 Å². The van der Waals surface area contributed by atoms with E-state index in [0.29, 0.717) is 6.54 Å². The van der Waals surface area contributed by atoms with Crippen molar-refractivity contribution in [1.82, 2.24) is 14.6 Å². The highest BCUT2D eigenvalue weighted by Gasteiger charge is 2.05. The summed E-state index contributed by atoms with van der Waals surface area (Å²) in [5.74, 6) is 0. The minimum atomic E-state index is 0.674. The SMILES string of the molecule is NCCc1cccc(-c2cn3[nH]ccc3n2)c1. The van der Waals surface area contributed by atoms with Gasteiger partial charge in [0.05, 0.1) is 11.9 Å². The Kier molecular flexibility index (Phi) is 2.42. The lowest BCUT2D eigenvalue weighted by atomic mass is 10.1. The molecule has 0 spiro atoms. The summed E-state index contributed by atoms with van der Waals surface area (Å²) in [5, 5.41) is 3.08. The number of rotatable bonds is 3. The van der Waals surface area contributed by atoms with Gasteiger partial charge in [-0.25, -0.2) is 9.50 Å². The zero-order valence-corrected chi connectivity index (χ0v) is 9.43. The number of hydrogen-bond acceptors (Lipinski definition) is 2. The largest absolute Gasteiger partial charge is 0.330 e. The summed E-state index contributed by atoms with van der Waals surface area (Å²) in [7, 11) is 0. The first-order valence-corrected chi connectivity index (χ1v) is 5.69. The van der Waals surface area contributed by atoms with Gasteiger partial charge in [-0.05, 0) is 24.6 Å². The third-order valence-corrected chi connectivity index (χ3v) is 2.83. The first-order valence-electron chi connectivity index (χ1n) is 5.69. The Balaban J connectivity index is 2.02. The highest BCUT2D eigenvalue weighted by Crippen LogP contribution is 2.20. The molecule has 2 heterocycles. The topological polar surface area (TPSA) is 59.1 Å². The fourth-order valence-electron chi connectivity index (χ4n) is 2.00. The smallest absolute Gasteiger partial charge is 0.153 e. The van der Waals surface area contributed by atoms with Crippen LogP contribution in [0.3, 0.4) is 0 Å². The van der Waals surface area contributed by atoms with Gasteiger partial charge >= 0.3 is 0 Å². The van der Waals surface area contributed by atoms with Crippen molar-refractivity contribution in [3.8, 4) is 11.3 Å². The van der Waals surface area contributed by atoms with Gasteiger partial charge in [0.1, 0.15) is 0 Å². The van der Waals surface area contributed by atoms with Crippen molar-refractivity contribution in [3.05, 3.63) is 48.3 Å². The molecule has 3 N–H and O–H groups in total. The molecule has 3 aromatic rings. The molecule has 86 valence electrons. The van der Waals surface area contributed by atoms with E-state index in [1.165, 1.54) is 5.56 Å². The van der Waals surface area contributed by atoms with Gasteiger partial charge in [0.2, 0.25) is 0 Å². The van der Waals surface area contributed by atoms with E-state index in [0.717, 1.165) is 23.3 Å². The fraction of sp³-hybridized carbons (Fsp3) is 0.154. The van der Waals surface area contributed by atoms with Crippen molar-refractivity contribution in [2.75, 3.05) is 6.54 Å². The molecule has 0 atom stereocenters. The summed E-state index contributed by atoms with van der Waals surface area (Å²) in [5.41, 5.74) is 9.87. The van der Waals surface area contributed by atoms with Crippen LogP contribution in [0.2, 0.25) is 0 Å². The van der Waals surface area contributed by atoms with E-state index in [4.69, 9.17) is 5.73 Å². The van der Waals surface area contributed by atoms with Gasteiger partial charge in [0, 0.05) is 17.8 Å². The van der Waals surface area contributed by atoms with Crippen LogP contribution in [-0.2, 0) is 6.42 Å². The summed E-state index contributed by atoms with van der Waals surface area (Å²) in [6.45, 7) is 0.674. The number of nitrogens with one attached hydrogen (secondary N) is 1. The van der Waals surface area contributed by atoms with Crippen molar-refractivity contribution in [2.45, 2.75) is 6.42 Å². The summed E-state index contributed by atoms with van der Waals surface area (Å²) in [6.07, 6.45) is 4.77. The first-order chi connectivity index (χ1) is 8.36. The molecule has 0 fully saturated rings. The Morgan fingerprint density at radius 3 is 3.06 bits per heavy atom. The van der Waals surface area contributed by atoms with E-state index in [1.54, 1.807) is 0 Å². The van der Waals surface area contributed by atoms with E-state index >= 15 is 0 Å². The number of nitrogens with zero attached hydrogens (tertiary/aromatic N) is 2. The van der Waals surface area contributed by atoms with Gasteiger partial charge in [-0.1, -0.05) is 18.2 Å². The number of aromatic amines is 1. The predicted octanol–water partition coefficient (Wildman–Crippen LogP) is 1.83. The summed E-state index contributed by atoms with van der Waals surface area (Å²) < 4.78 is 1.91. The number of aromatic nitrogens is 3. The lowest BCUT2D eigenvalue weighted by Gasteiger charge is -2.01. The molecular weight excluding hydrogens is 212 g/mol. The van der Waals surface area contributed by atoms with Gasteiger partial charge in [0.15, 0.2) is 5.65 Å². The number of nitrogens with two attached hydrogens (primary N) is 1. The Morgan fingerprint density at radius 1 is 1.29 bits per heavy atom. The second-order valence-electron chi connectivity index (χ2n) is 4.06. The Bertz CT molecular complexity index is 607. The van der Waals surface area contributed by atoms with Crippen LogP contribution >= 0.6 is 0 Å². The average molecular weight is 226 g/mol. The zero-order chi connectivity index (χ0) is 11.7. The van der Waals surface area contributed by atoms with Gasteiger partial charge in [-0.15, -0.1) is 0 Å². The Morgan fingerprint density at radius 2 is 2.24 bits per heavy atom. The number of H-pyrrole nitrogens is 1. The number of hydrogen-bond donors (Lipinski definition) is 2. The third-order valence-electron chi connectivity index (χ3n) is 2.83. The molecule has 4 nitrogen and oxygen atoms in total. The second kappa shape index (κ2) is 4.07.